The summed E-state index contributed by atoms with van der Waals surface area (Å²) in [5.41, 5.74) is 5.77. The molecule has 1 N–H and O–H groups in total. The van der Waals surface area contributed by atoms with Crippen molar-refractivity contribution in [3.63, 3.8) is 0 Å². The van der Waals surface area contributed by atoms with Crippen LogP contribution < -0.4 is 10.1 Å². The summed E-state index contributed by atoms with van der Waals surface area (Å²) < 4.78 is 8.26. The van der Waals surface area contributed by atoms with E-state index < -0.39 is 0 Å². The number of benzene rings is 3. The molecule has 5 nitrogen and oxygen atoms in total. The van der Waals surface area contributed by atoms with E-state index in [0.29, 0.717) is 19.6 Å². The van der Waals surface area contributed by atoms with Crippen LogP contribution in [0.3, 0.4) is 0 Å². The largest absolute Gasteiger partial charge is 0.494 e. The number of hydrogen-bond donors (Lipinski definition) is 1. The van der Waals surface area contributed by atoms with Gasteiger partial charge in [-0.1, -0.05) is 55.5 Å². The van der Waals surface area contributed by atoms with E-state index in [2.05, 4.69) is 59.3 Å². The number of hydrogen-bond acceptors (Lipinski definition) is 3. The Kier molecular flexibility index (Phi) is 9.15. The highest BCUT2D eigenvalue weighted by Crippen LogP contribution is 2.19. The van der Waals surface area contributed by atoms with E-state index in [9.17, 15) is 4.79 Å². The second-order valence-corrected chi connectivity index (χ2v) is 9.28. The molecule has 0 unspecified atom stereocenters. The van der Waals surface area contributed by atoms with Crippen LogP contribution in [0.4, 0.5) is 0 Å². The smallest absolute Gasteiger partial charge is 0.224 e. The van der Waals surface area contributed by atoms with Crippen molar-refractivity contribution in [3.8, 4) is 5.75 Å². The molecule has 0 fully saturated rings. The van der Waals surface area contributed by atoms with Crippen LogP contribution in [0.1, 0.15) is 48.7 Å². The molecule has 0 saturated carbocycles. The first-order valence-electron chi connectivity index (χ1n) is 13.1. The van der Waals surface area contributed by atoms with Gasteiger partial charge in [0.05, 0.1) is 24.1 Å². The summed E-state index contributed by atoms with van der Waals surface area (Å²) in [7, 11) is 0. The second-order valence-electron chi connectivity index (χ2n) is 9.28. The molecule has 3 aromatic carbocycles. The number of carbonyl (C=O) groups excluding carboxylic acids is 1. The first kappa shape index (κ1) is 25.5. The molecule has 1 amide bonds. The van der Waals surface area contributed by atoms with Gasteiger partial charge < -0.3 is 14.6 Å². The maximum absolute atomic E-state index is 12.4. The van der Waals surface area contributed by atoms with E-state index in [1.165, 1.54) is 11.1 Å². The zero-order chi connectivity index (χ0) is 25.2. The minimum absolute atomic E-state index is 0.0714. The lowest BCUT2D eigenvalue weighted by Crippen LogP contribution is -2.26. The number of para-hydroxylation sites is 2. The van der Waals surface area contributed by atoms with Gasteiger partial charge in [-0.3, -0.25) is 4.79 Å². The summed E-state index contributed by atoms with van der Waals surface area (Å²) in [5.74, 6) is 2.09. The molecule has 0 aliphatic carbocycles. The van der Waals surface area contributed by atoms with Crippen molar-refractivity contribution >= 4 is 16.9 Å². The van der Waals surface area contributed by atoms with Gasteiger partial charge in [0.15, 0.2) is 0 Å². The number of nitrogens with one attached hydrogen (secondary N) is 1. The summed E-state index contributed by atoms with van der Waals surface area (Å²) in [6.07, 6.45) is 5.17. The quantitative estimate of drug-likeness (QED) is 0.235. The monoisotopic (exact) mass is 483 g/mol. The van der Waals surface area contributed by atoms with Crippen LogP contribution in [0.15, 0.2) is 72.8 Å². The summed E-state index contributed by atoms with van der Waals surface area (Å²) in [6, 6.07) is 24.7. The van der Waals surface area contributed by atoms with Crippen LogP contribution in [0, 0.1) is 6.92 Å². The van der Waals surface area contributed by atoms with Crippen molar-refractivity contribution in [1.82, 2.24) is 14.9 Å². The van der Waals surface area contributed by atoms with Crippen LogP contribution in [-0.2, 0) is 30.6 Å². The maximum atomic E-state index is 12.4. The Balaban J connectivity index is 1.25. The van der Waals surface area contributed by atoms with E-state index in [4.69, 9.17) is 9.72 Å². The molecule has 0 aliphatic heterocycles. The molecular weight excluding hydrogens is 446 g/mol. The lowest BCUT2D eigenvalue weighted by atomic mass is 10.1. The summed E-state index contributed by atoms with van der Waals surface area (Å²) in [5, 5.41) is 3.07. The fourth-order valence-corrected chi connectivity index (χ4v) is 4.47. The highest BCUT2D eigenvalue weighted by atomic mass is 16.5. The van der Waals surface area contributed by atoms with Crippen molar-refractivity contribution in [2.75, 3.05) is 13.2 Å². The van der Waals surface area contributed by atoms with Crippen molar-refractivity contribution in [2.24, 2.45) is 0 Å². The van der Waals surface area contributed by atoms with Crippen molar-refractivity contribution in [2.45, 2.75) is 58.9 Å². The molecule has 36 heavy (non-hydrogen) atoms. The zero-order valence-corrected chi connectivity index (χ0v) is 21.5. The molecule has 188 valence electrons. The molecule has 4 rings (SSSR count). The number of unbranched alkanes of at least 4 members (excludes halogenated alkanes) is 1. The Labute approximate surface area is 214 Å². The van der Waals surface area contributed by atoms with Crippen LogP contribution >= 0.6 is 0 Å². The van der Waals surface area contributed by atoms with Gasteiger partial charge in [-0.25, -0.2) is 4.98 Å². The van der Waals surface area contributed by atoms with E-state index in [1.54, 1.807) is 0 Å². The van der Waals surface area contributed by atoms with E-state index in [-0.39, 0.29) is 5.91 Å². The Bertz CT molecular complexity index is 1260. The molecule has 0 saturated heterocycles. The molecule has 0 radical (unpaired) electrons. The van der Waals surface area contributed by atoms with E-state index in [1.807, 2.05) is 37.3 Å². The normalized spacial score (nSPS) is 11.1. The molecule has 4 aromatic rings. The van der Waals surface area contributed by atoms with Gasteiger partial charge in [-0.05, 0) is 73.6 Å². The number of aryl methyl sites for hydroxylation is 4. The van der Waals surface area contributed by atoms with Crippen molar-refractivity contribution in [3.05, 3.63) is 95.3 Å². The number of fused-ring (bicyclic) bond motifs is 1. The topological polar surface area (TPSA) is 56.1 Å². The Morgan fingerprint density at radius 2 is 1.72 bits per heavy atom. The molecule has 5 heteroatoms. The van der Waals surface area contributed by atoms with Crippen LogP contribution in [0.5, 0.6) is 5.75 Å². The lowest BCUT2D eigenvalue weighted by molar-refractivity contribution is -0.120. The van der Waals surface area contributed by atoms with Crippen LogP contribution in [0.2, 0.25) is 0 Å². The molecule has 0 aliphatic rings. The second kappa shape index (κ2) is 12.9. The molecular formula is C31H37N3O2. The van der Waals surface area contributed by atoms with E-state index in [0.717, 1.165) is 66.9 Å². The minimum atomic E-state index is 0.0714. The lowest BCUT2D eigenvalue weighted by Gasteiger charge is -2.11. The van der Waals surface area contributed by atoms with Gasteiger partial charge in [0.2, 0.25) is 5.91 Å². The van der Waals surface area contributed by atoms with Gasteiger partial charge in [-0.2, -0.15) is 0 Å². The number of imidazole rings is 1. The third kappa shape index (κ3) is 6.97. The van der Waals surface area contributed by atoms with E-state index >= 15 is 0 Å². The highest BCUT2D eigenvalue weighted by Gasteiger charge is 2.11. The number of ether oxygens (including phenoxy) is 1. The Morgan fingerprint density at radius 3 is 2.53 bits per heavy atom. The fraction of sp³-hybridized carbons (Fsp3) is 0.355. The third-order valence-corrected chi connectivity index (χ3v) is 6.62. The average molecular weight is 484 g/mol. The number of nitrogens with zero attached hydrogens (tertiary/aromatic N) is 2. The molecule has 0 bridgehead atoms. The SMILES string of the molecule is CCc1ccc(OCCCCn2c(CCCNC(=O)Cc3ccccc3C)nc3ccccc32)cc1. The summed E-state index contributed by atoms with van der Waals surface area (Å²) in [6.45, 7) is 6.47. The predicted octanol–water partition coefficient (Wildman–Crippen LogP) is 6.06. The summed E-state index contributed by atoms with van der Waals surface area (Å²) >= 11 is 0. The van der Waals surface area contributed by atoms with Gasteiger partial charge in [-0.15, -0.1) is 0 Å². The zero-order valence-electron chi connectivity index (χ0n) is 21.5. The molecule has 0 atom stereocenters. The predicted molar refractivity (Wildman–Crippen MR) is 146 cm³/mol. The number of carbonyl (C=O) groups is 1. The molecule has 1 heterocycles. The maximum Gasteiger partial charge on any atom is 0.224 e. The average Bonchev–Trinajstić information content (AvgIpc) is 3.25. The Hall–Kier alpha value is -3.60. The standard InChI is InChI=1S/C31H37N3O2/c1-3-25-16-18-27(19-17-25)36-22-9-8-21-34-29-14-7-6-13-28(29)33-30(34)15-10-20-32-31(35)23-26-12-5-4-11-24(26)2/h4-7,11-14,16-19H,3,8-10,15,20-23H2,1-2H3,(H,32,35). The number of aromatic nitrogens is 2. The molecule has 1 aromatic heterocycles. The minimum Gasteiger partial charge on any atom is -0.494 e. The number of amides is 1. The van der Waals surface area contributed by atoms with Gasteiger partial charge in [0.25, 0.3) is 0 Å². The van der Waals surface area contributed by atoms with Gasteiger partial charge in [0.1, 0.15) is 11.6 Å². The first-order chi connectivity index (χ1) is 17.6. The van der Waals surface area contributed by atoms with Crippen molar-refractivity contribution < 1.29 is 9.53 Å². The van der Waals surface area contributed by atoms with Gasteiger partial charge >= 0.3 is 0 Å². The first-order valence-corrected chi connectivity index (χ1v) is 13.1. The number of rotatable bonds is 13. The van der Waals surface area contributed by atoms with Crippen LogP contribution in [-0.4, -0.2) is 28.6 Å². The third-order valence-electron chi connectivity index (χ3n) is 6.62. The highest BCUT2D eigenvalue weighted by molar-refractivity contribution is 5.79. The molecule has 0 spiro atoms. The van der Waals surface area contributed by atoms with Crippen LogP contribution in [0.25, 0.3) is 11.0 Å². The van der Waals surface area contributed by atoms with Crippen molar-refractivity contribution in [1.29, 1.82) is 0 Å². The van der Waals surface area contributed by atoms with Gasteiger partial charge in [0, 0.05) is 19.5 Å². The fourth-order valence-electron chi connectivity index (χ4n) is 4.47. The summed E-state index contributed by atoms with van der Waals surface area (Å²) in [4.78, 5) is 17.3. The Morgan fingerprint density at radius 1 is 0.944 bits per heavy atom.